The number of nitrogens with zero attached hydrogens (tertiary/aromatic N) is 4. The van der Waals surface area contributed by atoms with E-state index in [-0.39, 0.29) is 24.2 Å². The molecular weight excluding hydrogens is 434 g/mol. The van der Waals surface area contributed by atoms with E-state index in [1.54, 1.807) is 48.9 Å². The lowest BCUT2D eigenvalue weighted by atomic mass is 9.89. The number of imide groups is 1. The van der Waals surface area contributed by atoms with Gasteiger partial charge in [0.05, 0.1) is 13.4 Å². The minimum atomic E-state index is -0.625. The van der Waals surface area contributed by atoms with Gasteiger partial charge >= 0.3 is 6.03 Å². The van der Waals surface area contributed by atoms with Crippen molar-refractivity contribution in [2.24, 2.45) is 0 Å². The zero-order valence-electron chi connectivity index (χ0n) is 18.5. The van der Waals surface area contributed by atoms with Crippen LogP contribution in [0, 0.1) is 0 Å². The number of urea groups is 1. The van der Waals surface area contributed by atoms with Crippen LogP contribution in [0.4, 0.5) is 4.79 Å². The molecule has 1 fully saturated rings. The smallest absolute Gasteiger partial charge is 0.328 e. The average Bonchev–Trinajstić information content (AvgIpc) is 3.54. The number of fused-ring (bicyclic) bond motifs is 4. The molecule has 3 amide bonds. The summed E-state index contributed by atoms with van der Waals surface area (Å²) in [5, 5.41) is 11.2. The van der Waals surface area contributed by atoms with E-state index in [1.165, 1.54) is 4.90 Å². The van der Waals surface area contributed by atoms with Crippen LogP contribution in [0.15, 0.2) is 61.2 Å². The molecule has 6 rings (SSSR count). The van der Waals surface area contributed by atoms with Gasteiger partial charge in [-0.1, -0.05) is 12.1 Å². The Hall–Kier alpha value is -4.27. The Kier molecular flexibility index (Phi) is 4.58. The van der Waals surface area contributed by atoms with Gasteiger partial charge in [0.25, 0.3) is 5.91 Å². The van der Waals surface area contributed by atoms with Crippen molar-refractivity contribution in [2.75, 3.05) is 13.7 Å². The summed E-state index contributed by atoms with van der Waals surface area (Å²) in [6.07, 6.45) is 5.54. The third kappa shape index (κ3) is 3.04. The van der Waals surface area contributed by atoms with Crippen LogP contribution < -0.4 is 4.74 Å². The number of amides is 3. The molecule has 0 saturated carbocycles. The van der Waals surface area contributed by atoms with Gasteiger partial charge in [-0.2, -0.15) is 0 Å². The Balaban J connectivity index is 1.46. The fourth-order valence-corrected chi connectivity index (χ4v) is 5.16. The van der Waals surface area contributed by atoms with Gasteiger partial charge in [0.1, 0.15) is 23.6 Å². The number of aromatic nitrogens is 3. The maximum atomic E-state index is 13.6. The number of carbonyl (C=O) groups excluding carboxylic acids is 2. The molecule has 2 aromatic carbocycles. The lowest BCUT2D eigenvalue weighted by molar-refractivity contribution is -0.128. The first kappa shape index (κ1) is 20.3. The van der Waals surface area contributed by atoms with E-state index in [2.05, 4.69) is 9.97 Å². The molecule has 172 valence electrons. The van der Waals surface area contributed by atoms with Crippen LogP contribution >= 0.6 is 0 Å². The summed E-state index contributed by atoms with van der Waals surface area (Å²) in [7, 11) is 1.62. The summed E-state index contributed by atoms with van der Waals surface area (Å²) in [5.74, 6) is 0.619. The number of phenols is 1. The van der Waals surface area contributed by atoms with Crippen LogP contribution in [0.25, 0.3) is 10.9 Å². The maximum Gasteiger partial charge on any atom is 0.328 e. The van der Waals surface area contributed by atoms with E-state index >= 15 is 0 Å². The second-order valence-electron chi connectivity index (χ2n) is 8.63. The molecule has 9 heteroatoms. The molecule has 0 bridgehead atoms. The highest BCUT2D eigenvalue weighted by molar-refractivity contribution is 6.05. The molecule has 4 aromatic rings. The summed E-state index contributed by atoms with van der Waals surface area (Å²) in [6.45, 7) is 0.733. The Morgan fingerprint density at radius 3 is 2.82 bits per heavy atom. The Bertz CT molecular complexity index is 1410. The SMILES string of the molecule is COc1ccc2[nH]c3c(c2c1)CC1C(=O)N(CCn2ccnc2)C(=O)N1C3c1cccc(O)c1. The van der Waals surface area contributed by atoms with Gasteiger partial charge < -0.3 is 19.4 Å². The van der Waals surface area contributed by atoms with Gasteiger partial charge in [-0.15, -0.1) is 0 Å². The van der Waals surface area contributed by atoms with Crippen molar-refractivity contribution in [1.29, 1.82) is 0 Å². The Morgan fingerprint density at radius 2 is 2.06 bits per heavy atom. The first-order valence-electron chi connectivity index (χ1n) is 11.1. The summed E-state index contributed by atoms with van der Waals surface area (Å²) in [4.78, 5) is 37.6. The monoisotopic (exact) mass is 457 g/mol. The lowest BCUT2D eigenvalue weighted by Gasteiger charge is -2.36. The Labute approximate surface area is 195 Å². The van der Waals surface area contributed by atoms with Crippen molar-refractivity contribution in [3.05, 3.63) is 78.0 Å². The van der Waals surface area contributed by atoms with E-state index in [9.17, 15) is 14.7 Å². The number of phenolic OH excluding ortho intramolecular Hbond substituents is 1. The molecule has 4 heterocycles. The first-order chi connectivity index (χ1) is 16.5. The van der Waals surface area contributed by atoms with E-state index in [0.29, 0.717) is 13.0 Å². The molecule has 2 atom stereocenters. The molecule has 2 aliphatic rings. The number of H-pyrrole nitrogens is 1. The number of rotatable bonds is 5. The second-order valence-corrected chi connectivity index (χ2v) is 8.63. The minimum Gasteiger partial charge on any atom is -0.508 e. The fraction of sp³-hybridized carbons (Fsp3) is 0.240. The standard InChI is InChI=1S/C25H23N5O4/c1-34-17-5-6-20-18(12-17)19-13-21-24(32)29(10-9-28-8-7-26-14-28)25(33)30(21)23(22(19)27-20)15-3-2-4-16(31)11-15/h2-8,11-12,14,21,23,27,31H,9-10,13H2,1H3. The molecular formula is C25H23N5O4. The molecule has 9 nitrogen and oxygen atoms in total. The van der Waals surface area contributed by atoms with Crippen LogP contribution in [0.2, 0.25) is 0 Å². The summed E-state index contributed by atoms with van der Waals surface area (Å²) in [5.41, 5.74) is 3.49. The molecule has 0 spiro atoms. The summed E-state index contributed by atoms with van der Waals surface area (Å²) >= 11 is 0. The third-order valence-electron chi connectivity index (χ3n) is 6.76. The zero-order valence-corrected chi connectivity index (χ0v) is 18.5. The number of imidazole rings is 1. The van der Waals surface area contributed by atoms with Crippen LogP contribution in [0.3, 0.4) is 0 Å². The predicted molar refractivity (Wildman–Crippen MR) is 123 cm³/mol. The van der Waals surface area contributed by atoms with Crippen molar-refractivity contribution < 1.29 is 19.4 Å². The molecule has 0 radical (unpaired) electrons. The second kappa shape index (κ2) is 7.65. The molecule has 1 saturated heterocycles. The normalized spacial score (nSPS) is 19.6. The highest BCUT2D eigenvalue weighted by atomic mass is 16.5. The third-order valence-corrected chi connectivity index (χ3v) is 6.76. The highest BCUT2D eigenvalue weighted by Crippen LogP contribution is 2.44. The van der Waals surface area contributed by atoms with E-state index in [0.717, 1.165) is 33.5 Å². The number of benzene rings is 2. The molecule has 2 N–H and O–H groups in total. The van der Waals surface area contributed by atoms with Gasteiger partial charge in [-0.05, 0) is 41.5 Å². The predicted octanol–water partition coefficient (Wildman–Crippen LogP) is 3.06. The number of aromatic hydroxyl groups is 1. The number of hydrogen-bond acceptors (Lipinski definition) is 5. The van der Waals surface area contributed by atoms with Crippen molar-refractivity contribution in [3.63, 3.8) is 0 Å². The Morgan fingerprint density at radius 1 is 1.18 bits per heavy atom. The first-order valence-corrected chi connectivity index (χ1v) is 11.1. The number of methoxy groups -OCH3 is 1. The number of aromatic amines is 1. The van der Waals surface area contributed by atoms with Gasteiger partial charge in [0.15, 0.2) is 0 Å². The molecule has 0 aliphatic carbocycles. The van der Waals surface area contributed by atoms with Gasteiger partial charge in [0.2, 0.25) is 0 Å². The van der Waals surface area contributed by atoms with E-state index in [1.807, 2.05) is 28.8 Å². The van der Waals surface area contributed by atoms with Crippen molar-refractivity contribution in [1.82, 2.24) is 24.3 Å². The zero-order chi connectivity index (χ0) is 23.4. The number of ether oxygens (including phenoxy) is 1. The van der Waals surface area contributed by atoms with Crippen LogP contribution in [0.1, 0.15) is 22.9 Å². The summed E-state index contributed by atoms with van der Waals surface area (Å²) < 4.78 is 7.27. The van der Waals surface area contributed by atoms with Crippen molar-refractivity contribution in [3.8, 4) is 11.5 Å². The maximum absolute atomic E-state index is 13.6. The van der Waals surface area contributed by atoms with Gasteiger partial charge in [-0.3, -0.25) is 14.6 Å². The average molecular weight is 457 g/mol. The molecule has 2 unspecified atom stereocenters. The van der Waals surface area contributed by atoms with Gasteiger partial charge in [-0.25, -0.2) is 9.78 Å². The lowest BCUT2D eigenvalue weighted by Crippen LogP contribution is -2.44. The van der Waals surface area contributed by atoms with Crippen molar-refractivity contribution >= 4 is 22.8 Å². The van der Waals surface area contributed by atoms with E-state index in [4.69, 9.17) is 4.74 Å². The largest absolute Gasteiger partial charge is 0.508 e. The molecule has 2 aromatic heterocycles. The molecule has 34 heavy (non-hydrogen) atoms. The van der Waals surface area contributed by atoms with Gasteiger partial charge in [0, 0.05) is 48.5 Å². The highest BCUT2D eigenvalue weighted by Gasteiger charge is 2.52. The topological polar surface area (TPSA) is 104 Å². The fourth-order valence-electron chi connectivity index (χ4n) is 5.16. The summed E-state index contributed by atoms with van der Waals surface area (Å²) in [6, 6.07) is 11.1. The van der Waals surface area contributed by atoms with Crippen LogP contribution in [-0.4, -0.2) is 61.1 Å². The number of carbonyl (C=O) groups is 2. The quantitative estimate of drug-likeness (QED) is 0.449. The van der Waals surface area contributed by atoms with E-state index < -0.39 is 12.1 Å². The number of hydrogen-bond donors (Lipinski definition) is 2. The number of nitrogens with one attached hydrogen (secondary N) is 1. The van der Waals surface area contributed by atoms with Crippen LogP contribution in [-0.2, 0) is 17.8 Å². The molecule has 2 aliphatic heterocycles. The minimum absolute atomic E-state index is 0.105. The van der Waals surface area contributed by atoms with Crippen LogP contribution in [0.5, 0.6) is 11.5 Å². The van der Waals surface area contributed by atoms with Crippen molar-refractivity contribution in [2.45, 2.75) is 25.0 Å².